The zero-order chi connectivity index (χ0) is 15.0. The van der Waals surface area contributed by atoms with Gasteiger partial charge in [0.15, 0.2) is 0 Å². The van der Waals surface area contributed by atoms with Gasteiger partial charge in [0.05, 0.1) is 6.61 Å². The molecule has 1 rings (SSSR count). The number of ether oxygens (including phenoxy) is 1. The molecule has 1 atom stereocenters. The van der Waals surface area contributed by atoms with Gasteiger partial charge < -0.3 is 10.5 Å². The molecule has 3 nitrogen and oxygen atoms in total. The second-order valence-corrected chi connectivity index (χ2v) is 5.40. The van der Waals surface area contributed by atoms with Crippen LogP contribution in [0.5, 0.6) is 0 Å². The Bertz CT molecular complexity index is 362. The molecule has 0 radical (unpaired) electrons. The Kier molecular flexibility index (Phi) is 7.82. The highest BCUT2D eigenvalue weighted by Crippen LogP contribution is 2.22. The first-order valence-corrected chi connectivity index (χ1v) is 7.75. The summed E-state index contributed by atoms with van der Waals surface area (Å²) >= 11 is 0. The summed E-state index contributed by atoms with van der Waals surface area (Å²) in [6.45, 7) is 12.7. The molecule has 0 spiro atoms. The van der Waals surface area contributed by atoms with E-state index in [1.165, 1.54) is 11.1 Å². The monoisotopic (exact) mass is 278 g/mol. The zero-order valence-electron chi connectivity index (χ0n) is 13.4. The van der Waals surface area contributed by atoms with Crippen molar-refractivity contribution in [2.75, 3.05) is 32.8 Å². The third kappa shape index (κ3) is 4.89. The van der Waals surface area contributed by atoms with Crippen LogP contribution in [0.2, 0.25) is 0 Å². The average molecular weight is 278 g/mol. The standard InChI is InChI=1S/C17H30N2O/c1-5-19(11-12-20-6-2)17(13-18)16-9-7-15(8-10-16)14(3)4/h7-10,14,17H,5-6,11-13,18H2,1-4H3. The molecule has 1 aromatic rings. The van der Waals surface area contributed by atoms with Crippen molar-refractivity contribution in [1.82, 2.24) is 4.90 Å². The fourth-order valence-electron chi connectivity index (χ4n) is 2.46. The van der Waals surface area contributed by atoms with Gasteiger partial charge in [-0.1, -0.05) is 45.0 Å². The van der Waals surface area contributed by atoms with Gasteiger partial charge in [-0.05, 0) is 30.5 Å². The van der Waals surface area contributed by atoms with Crippen LogP contribution in [0.4, 0.5) is 0 Å². The van der Waals surface area contributed by atoms with Gasteiger partial charge >= 0.3 is 0 Å². The number of nitrogens with zero attached hydrogens (tertiary/aromatic N) is 1. The Morgan fingerprint density at radius 3 is 2.15 bits per heavy atom. The maximum atomic E-state index is 6.00. The minimum atomic E-state index is 0.279. The van der Waals surface area contributed by atoms with Crippen molar-refractivity contribution < 1.29 is 4.74 Å². The Labute approximate surface area is 124 Å². The van der Waals surface area contributed by atoms with Crippen molar-refractivity contribution in [1.29, 1.82) is 0 Å². The maximum Gasteiger partial charge on any atom is 0.0593 e. The molecule has 0 amide bonds. The number of nitrogens with two attached hydrogens (primary N) is 1. The molecule has 0 saturated heterocycles. The highest BCUT2D eigenvalue weighted by atomic mass is 16.5. The lowest BCUT2D eigenvalue weighted by atomic mass is 9.98. The highest BCUT2D eigenvalue weighted by Gasteiger charge is 2.17. The minimum absolute atomic E-state index is 0.279. The van der Waals surface area contributed by atoms with Gasteiger partial charge in [0.25, 0.3) is 0 Å². The van der Waals surface area contributed by atoms with Crippen molar-refractivity contribution in [2.24, 2.45) is 5.73 Å². The Morgan fingerprint density at radius 1 is 1.10 bits per heavy atom. The second kappa shape index (κ2) is 9.11. The lowest BCUT2D eigenvalue weighted by molar-refractivity contribution is 0.0980. The van der Waals surface area contributed by atoms with Gasteiger partial charge in [-0.15, -0.1) is 0 Å². The second-order valence-electron chi connectivity index (χ2n) is 5.40. The van der Waals surface area contributed by atoms with E-state index < -0.39 is 0 Å². The molecular formula is C17H30N2O. The van der Waals surface area contributed by atoms with Crippen LogP contribution in [-0.4, -0.2) is 37.7 Å². The van der Waals surface area contributed by atoms with Crippen LogP contribution in [-0.2, 0) is 4.74 Å². The fraction of sp³-hybridized carbons (Fsp3) is 0.647. The number of rotatable bonds is 9. The van der Waals surface area contributed by atoms with Crippen LogP contribution in [0.25, 0.3) is 0 Å². The third-order valence-electron chi connectivity index (χ3n) is 3.79. The van der Waals surface area contributed by atoms with Crippen LogP contribution in [0.1, 0.15) is 50.8 Å². The van der Waals surface area contributed by atoms with Crippen LogP contribution >= 0.6 is 0 Å². The summed E-state index contributed by atoms with van der Waals surface area (Å²) in [6, 6.07) is 9.16. The first kappa shape index (κ1) is 17.2. The summed E-state index contributed by atoms with van der Waals surface area (Å²) in [6.07, 6.45) is 0. The summed E-state index contributed by atoms with van der Waals surface area (Å²) < 4.78 is 5.46. The van der Waals surface area contributed by atoms with Crippen molar-refractivity contribution in [3.63, 3.8) is 0 Å². The average Bonchev–Trinajstić information content (AvgIpc) is 2.47. The number of hydrogen-bond donors (Lipinski definition) is 1. The summed E-state index contributed by atoms with van der Waals surface area (Å²) in [5.74, 6) is 0.570. The Hall–Kier alpha value is -0.900. The van der Waals surface area contributed by atoms with Gasteiger partial charge in [-0.3, -0.25) is 4.90 Å². The van der Waals surface area contributed by atoms with E-state index >= 15 is 0 Å². The highest BCUT2D eigenvalue weighted by molar-refractivity contribution is 5.27. The molecule has 1 unspecified atom stereocenters. The lowest BCUT2D eigenvalue weighted by Gasteiger charge is -2.30. The van der Waals surface area contributed by atoms with Crippen molar-refractivity contribution in [3.05, 3.63) is 35.4 Å². The fourth-order valence-corrected chi connectivity index (χ4v) is 2.46. The van der Waals surface area contributed by atoms with Crippen LogP contribution in [0.3, 0.4) is 0 Å². The number of hydrogen-bond acceptors (Lipinski definition) is 3. The molecule has 0 aliphatic carbocycles. The van der Waals surface area contributed by atoms with Gasteiger partial charge in [-0.25, -0.2) is 0 Å². The summed E-state index contributed by atoms with van der Waals surface area (Å²) in [7, 11) is 0. The predicted molar refractivity (Wildman–Crippen MR) is 86.1 cm³/mol. The molecule has 0 fully saturated rings. The smallest absolute Gasteiger partial charge is 0.0593 e. The van der Waals surface area contributed by atoms with Gasteiger partial charge in [-0.2, -0.15) is 0 Å². The SMILES string of the molecule is CCOCCN(CC)C(CN)c1ccc(C(C)C)cc1. The van der Waals surface area contributed by atoms with E-state index in [2.05, 4.69) is 49.9 Å². The molecular weight excluding hydrogens is 248 g/mol. The van der Waals surface area contributed by atoms with Crippen molar-refractivity contribution >= 4 is 0 Å². The molecule has 20 heavy (non-hydrogen) atoms. The van der Waals surface area contributed by atoms with Gasteiger partial charge in [0.1, 0.15) is 0 Å². The summed E-state index contributed by atoms with van der Waals surface area (Å²) in [4.78, 5) is 2.39. The normalized spacial score (nSPS) is 13.2. The molecule has 0 bridgehead atoms. The van der Waals surface area contributed by atoms with E-state index in [0.29, 0.717) is 12.5 Å². The molecule has 0 heterocycles. The maximum absolute atomic E-state index is 6.00. The molecule has 0 aliphatic heterocycles. The van der Waals surface area contributed by atoms with E-state index in [1.807, 2.05) is 6.92 Å². The first-order chi connectivity index (χ1) is 9.63. The molecule has 114 valence electrons. The van der Waals surface area contributed by atoms with Crippen molar-refractivity contribution in [2.45, 2.75) is 39.7 Å². The molecule has 1 aromatic carbocycles. The van der Waals surface area contributed by atoms with E-state index in [4.69, 9.17) is 10.5 Å². The third-order valence-corrected chi connectivity index (χ3v) is 3.79. The topological polar surface area (TPSA) is 38.5 Å². The Balaban J connectivity index is 2.76. The van der Waals surface area contributed by atoms with E-state index in [1.54, 1.807) is 0 Å². The first-order valence-electron chi connectivity index (χ1n) is 7.75. The lowest BCUT2D eigenvalue weighted by Crippen LogP contribution is -2.36. The summed E-state index contributed by atoms with van der Waals surface area (Å²) in [5.41, 5.74) is 8.68. The van der Waals surface area contributed by atoms with Crippen LogP contribution in [0, 0.1) is 0 Å². The van der Waals surface area contributed by atoms with Gasteiger partial charge in [0.2, 0.25) is 0 Å². The zero-order valence-corrected chi connectivity index (χ0v) is 13.4. The number of benzene rings is 1. The van der Waals surface area contributed by atoms with Crippen molar-refractivity contribution in [3.8, 4) is 0 Å². The Morgan fingerprint density at radius 2 is 1.70 bits per heavy atom. The molecule has 0 saturated carbocycles. The molecule has 0 aromatic heterocycles. The van der Waals surface area contributed by atoms with Crippen LogP contribution in [0.15, 0.2) is 24.3 Å². The number of likely N-dealkylation sites (N-methyl/N-ethyl adjacent to an activating group) is 1. The quantitative estimate of drug-likeness (QED) is 0.705. The summed E-state index contributed by atoms with van der Waals surface area (Å²) in [5, 5.41) is 0. The predicted octanol–water partition coefficient (Wildman–Crippen LogP) is 3.17. The molecule has 2 N–H and O–H groups in total. The molecule has 3 heteroatoms. The van der Waals surface area contributed by atoms with E-state index in [9.17, 15) is 0 Å². The minimum Gasteiger partial charge on any atom is -0.380 e. The molecule has 0 aliphatic rings. The largest absolute Gasteiger partial charge is 0.380 e. The van der Waals surface area contributed by atoms with E-state index in [-0.39, 0.29) is 6.04 Å². The van der Waals surface area contributed by atoms with E-state index in [0.717, 1.165) is 26.3 Å². The van der Waals surface area contributed by atoms with Gasteiger partial charge in [0, 0.05) is 25.7 Å². The van der Waals surface area contributed by atoms with Crippen LogP contribution < -0.4 is 5.73 Å².